The molecule has 3 rings (SSSR count). The van der Waals surface area contributed by atoms with Gasteiger partial charge in [0.15, 0.2) is 0 Å². The van der Waals surface area contributed by atoms with Gasteiger partial charge >= 0.3 is 0 Å². The van der Waals surface area contributed by atoms with Gasteiger partial charge in [-0.15, -0.1) is 0 Å². The zero-order valence-electron chi connectivity index (χ0n) is 16.6. The van der Waals surface area contributed by atoms with E-state index in [0.717, 1.165) is 31.6 Å². The molecule has 0 radical (unpaired) electrons. The van der Waals surface area contributed by atoms with Crippen molar-refractivity contribution in [1.82, 2.24) is 10.2 Å². The van der Waals surface area contributed by atoms with Crippen molar-refractivity contribution < 1.29 is 14.3 Å². The molecule has 2 heterocycles. The van der Waals surface area contributed by atoms with Gasteiger partial charge in [-0.1, -0.05) is 19.9 Å². The minimum Gasteiger partial charge on any atom is -0.378 e. The van der Waals surface area contributed by atoms with E-state index in [9.17, 15) is 9.59 Å². The Bertz CT molecular complexity index is 675. The highest BCUT2D eigenvalue weighted by Gasteiger charge is 2.26. The monoisotopic (exact) mass is 373 g/mol. The lowest BCUT2D eigenvalue weighted by Gasteiger charge is -2.35. The summed E-state index contributed by atoms with van der Waals surface area (Å²) in [6.45, 7) is 9.94. The molecule has 0 aliphatic carbocycles. The number of piperidine rings is 1. The molecular weight excluding hydrogens is 342 g/mol. The van der Waals surface area contributed by atoms with Crippen molar-refractivity contribution in [2.24, 2.45) is 11.8 Å². The number of nitrogens with zero attached hydrogens (tertiary/aromatic N) is 1. The van der Waals surface area contributed by atoms with Crippen LogP contribution in [0.1, 0.15) is 42.6 Å². The number of carbonyl (C=O) groups is 2. The Morgan fingerprint density at radius 2 is 2.00 bits per heavy atom. The number of hydrogen-bond donors (Lipinski definition) is 2. The van der Waals surface area contributed by atoms with Crippen LogP contribution in [0.15, 0.2) is 18.2 Å². The number of nitrogens with one attached hydrogen (secondary N) is 2. The average Bonchev–Trinajstić information content (AvgIpc) is 2.63. The average molecular weight is 373 g/mol. The molecule has 0 aromatic heterocycles. The first kappa shape index (κ1) is 19.8. The number of anilines is 1. The first-order valence-corrected chi connectivity index (χ1v) is 9.93. The third kappa shape index (κ3) is 5.30. The second-order valence-electron chi connectivity index (χ2n) is 8.16. The van der Waals surface area contributed by atoms with Crippen LogP contribution in [0.25, 0.3) is 0 Å². The Balaban J connectivity index is 1.66. The lowest BCUT2D eigenvalue weighted by Crippen LogP contribution is -2.43. The lowest BCUT2D eigenvalue weighted by atomic mass is 9.91. The summed E-state index contributed by atoms with van der Waals surface area (Å²) < 4.78 is 5.40. The molecule has 1 aromatic carbocycles. The molecule has 0 spiro atoms. The Labute approximate surface area is 161 Å². The summed E-state index contributed by atoms with van der Waals surface area (Å²) in [6.07, 6.45) is 1.52. The largest absolute Gasteiger partial charge is 0.378 e. The number of likely N-dealkylation sites (tertiary alicyclic amines) is 1. The van der Waals surface area contributed by atoms with E-state index in [0.29, 0.717) is 42.7 Å². The Morgan fingerprint density at radius 1 is 1.26 bits per heavy atom. The highest BCUT2D eigenvalue weighted by molar-refractivity contribution is 5.98. The normalized spacial score (nSPS) is 25.9. The van der Waals surface area contributed by atoms with Gasteiger partial charge in [-0.25, -0.2) is 0 Å². The summed E-state index contributed by atoms with van der Waals surface area (Å²) in [5.74, 6) is 1.03. The van der Waals surface area contributed by atoms with Crippen molar-refractivity contribution in [1.29, 1.82) is 0 Å². The Hall–Kier alpha value is -1.92. The summed E-state index contributed by atoms with van der Waals surface area (Å²) in [5, 5.41) is 6.25. The minimum absolute atomic E-state index is 0.0418. The molecule has 3 atom stereocenters. The minimum atomic E-state index is -0.0640. The smallest absolute Gasteiger partial charge is 0.253 e. The highest BCUT2D eigenvalue weighted by Crippen LogP contribution is 2.24. The van der Waals surface area contributed by atoms with Crippen LogP contribution >= 0.6 is 0 Å². The quantitative estimate of drug-likeness (QED) is 0.850. The molecule has 0 bridgehead atoms. The number of hydrogen-bond acceptors (Lipinski definition) is 4. The molecule has 2 saturated heterocycles. The zero-order chi connectivity index (χ0) is 19.4. The van der Waals surface area contributed by atoms with Crippen molar-refractivity contribution in [3.63, 3.8) is 0 Å². The topological polar surface area (TPSA) is 70.7 Å². The van der Waals surface area contributed by atoms with Crippen LogP contribution in [0.5, 0.6) is 0 Å². The molecular formula is C21H31N3O3. The number of ether oxygens (including phenoxy) is 1. The van der Waals surface area contributed by atoms with Gasteiger partial charge in [0.05, 0.1) is 13.2 Å². The summed E-state index contributed by atoms with van der Waals surface area (Å²) in [6, 6.07) is 5.61. The summed E-state index contributed by atoms with van der Waals surface area (Å²) >= 11 is 0. The van der Waals surface area contributed by atoms with E-state index in [2.05, 4.69) is 24.5 Å². The fraction of sp³-hybridized carbons (Fsp3) is 0.619. The molecule has 0 saturated carbocycles. The predicted molar refractivity (Wildman–Crippen MR) is 106 cm³/mol. The third-order valence-corrected chi connectivity index (χ3v) is 5.34. The van der Waals surface area contributed by atoms with Gasteiger partial charge < -0.3 is 20.3 Å². The molecule has 2 N–H and O–H groups in total. The number of aryl methyl sites for hydroxylation is 1. The molecule has 27 heavy (non-hydrogen) atoms. The van der Waals surface area contributed by atoms with Crippen molar-refractivity contribution in [2.45, 2.75) is 39.7 Å². The first-order chi connectivity index (χ1) is 12.9. The summed E-state index contributed by atoms with van der Waals surface area (Å²) in [7, 11) is 0. The van der Waals surface area contributed by atoms with Gasteiger partial charge in [0.25, 0.3) is 5.91 Å². The second kappa shape index (κ2) is 8.85. The standard InChI is InChI=1S/C21H31N3O3/c1-14-8-15(2)12-24(11-14)21(26)17-5-4-16(3)19(9-17)23-20(25)10-18-13-27-7-6-22-18/h4-5,9,14-15,18,22H,6-8,10-13H2,1-3H3,(H,23,25). The number of amides is 2. The van der Waals surface area contributed by atoms with Crippen LogP contribution in [-0.4, -0.2) is 55.6 Å². The lowest BCUT2D eigenvalue weighted by molar-refractivity contribution is -0.117. The van der Waals surface area contributed by atoms with Crippen molar-refractivity contribution in [3.05, 3.63) is 29.3 Å². The zero-order valence-corrected chi connectivity index (χ0v) is 16.6. The van der Waals surface area contributed by atoms with Gasteiger partial charge in [0.2, 0.25) is 5.91 Å². The molecule has 2 amide bonds. The van der Waals surface area contributed by atoms with Crippen LogP contribution in [0.4, 0.5) is 5.69 Å². The molecule has 2 aliphatic rings. The second-order valence-corrected chi connectivity index (χ2v) is 8.16. The maximum absolute atomic E-state index is 12.9. The number of rotatable bonds is 4. The van der Waals surface area contributed by atoms with E-state index in [-0.39, 0.29) is 17.9 Å². The van der Waals surface area contributed by atoms with Crippen molar-refractivity contribution in [2.75, 3.05) is 38.2 Å². The first-order valence-electron chi connectivity index (χ1n) is 9.93. The van der Waals surface area contributed by atoms with Crippen LogP contribution in [0, 0.1) is 18.8 Å². The van der Waals surface area contributed by atoms with E-state index >= 15 is 0 Å². The fourth-order valence-electron chi connectivity index (χ4n) is 4.08. The van der Waals surface area contributed by atoms with Crippen molar-refractivity contribution >= 4 is 17.5 Å². The number of morpholine rings is 1. The fourth-order valence-corrected chi connectivity index (χ4v) is 4.08. The van der Waals surface area contributed by atoms with Gasteiger partial charge in [0.1, 0.15) is 0 Å². The molecule has 2 fully saturated rings. The predicted octanol–water partition coefficient (Wildman–Crippen LogP) is 2.43. The Morgan fingerprint density at radius 3 is 2.67 bits per heavy atom. The van der Waals surface area contributed by atoms with E-state index in [1.807, 2.05) is 30.0 Å². The SMILES string of the molecule is Cc1ccc(C(=O)N2CC(C)CC(C)C2)cc1NC(=O)CC1COCCN1. The number of benzene rings is 1. The highest BCUT2D eigenvalue weighted by atomic mass is 16.5. The third-order valence-electron chi connectivity index (χ3n) is 5.34. The van der Waals surface area contributed by atoms with Crippen molar-refractivity contribution in [3.8, 4) is 0 Å². The van der Waals surface area contributed by atoms with E-state index in [1.165, 1.54) is 0 Å². The molecule has 6 heteroatoms. The van der Waals surface area contributed by atoms with E-state index in [4.69, 9.17) is 4.74 Å². The van der Waals surface area contributed by atoms with Gasteiger partial charge in [-0.05, 0) is 42.9 Å². The maximum Gasteiger partial charge on any atom is 0.253 e. The van der Waals surface area contributed by atoms with Crippen LogP contribution in [0.2, 0.25) is 0 Å². The van der Waals surface area contributed by atoms with Crippen LogP contribution in [0.3, 0.4) is 0 Å². The summed E-state index contributed by atoms with van der Waals surface area (Å²) in [5.41, 5.74) is 2.30. The molecule has 148 valence electrons. The molecule has 6 nitrogen and oxygen atoms in total. The Kier molecular flexibility index (Phi) is 6.50. The van der Waals surface area contributed by atoms with Crippen LogP contribution in [-0.2, 0) is 9.53 Å². The maximum atomic E-state index is 12.9. The van der Waals surface area contributed by atoms with E-state index < -0.39 is 0 Å². The van der Waals surface area contributed by atoms with Gasteiger partial charge in [-0.2, -0.15) is 0 Å². The summed E-state index contributed by atoms with van der Waals surface area (Å²) in [4.78, 5) is 27.3. The molecule has 3 unspecified atom stereocenters. The molecule has 2 aliphatic heterocycles. The van der Waals surface area contributed by atoms with Gasteiger partial charge in [-0.3, -0.25) is 9.59 Å². The van der Waals surface area contributed by atoms with Crippen LogP contribution < -0.4 is 10.6 Å². The van der Waals surface area contributed by atoms with E-state index in [1.54, 1.807) is 0 Å². The molecule has 1 aromatic rings. The van der Waals surface area contributed by atoms with Gasteiger partial charge in [0, 0.05) is 43.3 Å². The number of carbonyl (C=O) groups excluding carboxylic acids is 2.